The third kappa shape index (κ3) is 5.36. The van der Waals surface area contributed by atoms with Crippen LogP contribution in [0, 0.1) is 20.8 Å². The molecule has 1 N–H and O–H groups in total. The van der Waals surface area contributed by atoms with Gasteiger partial charge in [-0.2, -0.15) is 0 Å². The van der Waals surface area contributed by atoms with Crippen molar-refractivity contribution in [2.24, 2.45) is 0 Å². The quantitative estimate of drug-likeness (QED) is 0.506. The van der Waals surface area contributed by atoms with E-state index >= 15 is 0 Å². The van der Waals surface area contributed by atoms with Gasteiger partial charge in [0, 0.05) is 17.5 Å². The minimum absolute atomic E-state index is 0.110. The standard InChI is InChI=1S/C16H20N2O2S/c1-11-6-12(2)8-14(7-11)10-20-4-5-21-16-17-13(3)9-15(19)18-16/h6-9H,4-5,10H2,1-3H3,(H,17,18,19). The molecule has 0 aliphatic carbocycles. The van der Waals surface area contributed by atoms with Crippen LogP contribution in [0.4, 0.5) is 0 Å². The molecule has 1 heterocycles. The van der Waals surface area contributed by atoms with Crippen LogP contribution in [0.2, 0.25) is 0 Å². The van der Waals surface area contributed by atoms with Crippen LogP contribution in [0.5, 0.6) is 0 Å². The maximum Gasteiger partial charge on any atom is 0.251 e. The number of benzene rings is 1. The van der Waals surface area contributed by atoms with Crippen LogP contribution in [0.3, 0.4) is 0 Å². The Balaban J connectivity index is 1.76. The summed E-state index contributed by atoms with van der Waals surface area (Å²) in [5.41, 5.74) is 4.33. The molecule has 0 aliphatic rings. The van der Waals surface area contributed by atoms with E-state index < -0.39 is 0 Å². The molecule has 2 rings (SSSR count). The first kappa shape index (κ1) is 15.8. The van der Waals surface area contributed by atoms with E-state index in [-0.39, 0.29) is 5.56 Å². The summed E-state index contributed by atoms with van der Waals surface area (Å²) >= 11 is 1.50. The molecule has 5 heteroatoms. The monoisotopic (exact) mass is 304 g/mol. The second-order valence-electron chi connectivity index (χ2n) is 5.09. The number of aromatic nitrogens is 2. The summed E-state index contributed by atoms with van der Waals surface area (Å²) in [4.78, 5) is 18.3. The Labute approximate surface area is 129 Å². The lowest BCUT2D eigenvalue weighted by Crippen LogP contribution is -2.08. The first-order valence-electron chi connectivity index (χ1n) is 6.88. The number of aromatic amines is 1. The van der Waals surface area contributed by atoms with E-state index in [4.69, 9.17) is 4.74 Å². The molecule has 112 valence electrons. The number of aryl methyl sites for hydroxylation is 3. The van der Waals surface area contributed by atoms with Gasteiger partial charge < -0.3 is 9.72 Å². The van der Waals surface area contributed by atoms with Gasteiger partial charge in [-0.25, -0.2) is 4.98 Å². The zero-order chi connectivity index (χ0) is 15.2. The topological polar surface area (TPSA) is 55.0 Å². The van der Waals surface area contributed by atoms with Crippen LogP contribution >= 0.6 is 11.8 Å². The van der Waals surface area contributed by atoms with Crippen LogP contribution in [-0.4, -0.2) is 22.3 Å². The Hall–Kier alpha value is -1.59. The Morgan fingerprint density at radius 2 is 1.86 bits per heavy atom. The van der Waals surface area contributed by atoms with Gasteiger partial charge in [0.05, 0.1) is 13.2 Å². The molecule has 0 bridgehead atoms. The SMILES string of the molecule is Cc1cc(C)cc(COCCSc2nc(C)cc(=O)[nH]2)c1. The van der Waals surface area contributed by atoms with Crippen LogP contribution in [-0.2, 0) is 11.3 Å². The van der Waals surface area contributed by atoms with Crippen molar-refractivity contribution in [2.45, 2.75) is 32.5 Å². The summed E-state index contributed by atoms with van der Waals surface area (Å²) in [6.07, 6.45) is 0. The van der Waals surface area contributed by atoms with Crippen molar-refractivity contribution in [2.75, 3.05) is 12.4 Å². The predicted octanol–water partition coefficient (Wildman–Crippen LogP) is 3.00. The van der Waals surface area contributed by atoms with E-state index in [1.807, 2.05) is 6.92 Å². The summed E-state index contributed by atoms with van der Waals surface area (Å²) in [6, 6.07) is 7.92. The molecule has 0 saturated carbocycles. The molecule has 0 spiro atoms. The molecular formula is C16H20N2O2S. The summed E-state index contributed by atoms with van der Waals surface area (Å²) < 4.78 is 5.67. The molecule has 0 saturated heterocycles. The number of hydrogen-bond donors (Lipinski definition) is 1. The summed E-state index contributed by atoms with van der Waals surface area (Å²) in [5, 5.41) is 0.648. The van der Waals surface area contributed by atoms with Crippen molar-refractivity contribution in [1.82, 2.24) is 9.97 Å². The molecule has 0 aliphatic heterocycles. The Morgan fingerprint density at radius 3 is 2.52 bits per heavy atom. The maximum atomic E-state index is 11.3. The largest absolute Gasteiger partial charge is 0.376 e. The predicted molar refractivity (Wildman–Crippen MR) is 85.9 cm³/mol. The third-order valence-corrected chi connectivity index (χ3v) is 3.70. The number of thioether (sulfide) groups is 1. The van der Waals surface area contributed by atoms with Gasteiger partial charge in [-0.3, -0.25) is 4.79 Å². The lowest BCUT2D eigenvalue weighted by molar-refractivity contribution is 0.136. The molecule has 1 aromatic heterocycles. The van der Waals surface area contributed by atoms with Crippen molar-refractivity contribution in [1.29, 1.82) is 0 Å². The minimum atomic E-state index is -0.110. The van der Waals surface area contributed by atoms with Gasteiger partial charge >= 0.3 is 0 Å². The maximum absolute atomic E-state index is 11.3. The fourth-order valence-electron chi connectivity index (χ4n) is 2.16. The normalized spacial score (nSPS) is 10.8. The van der Waals surface area contributed by atoms with Gasteiger partial charge in [-0.1, -0.05) is 41.1 Å². The van der Waals surface area contributed by atoms with Crippen molar-refractivity contribution in [3.63, 3.8) is 0 Å². The Morgan fingerprint density at radius 1 is 1.14 bits per heavy atom. The average Bonchev–Trinajstić information content (AvgIpc) is 2.36. The molecular weight excluding hydrogens is 284 g/mol. The van der Waals surface area contributed by atoms with Crippen molar-refractivity contribution >= 4 is 11.8 Å². The van der Waals surface area contributed by atoms with Crippen molar-refractivity contribution in [3.8, 4) is 0 Å². The highest BCUT2D eigenvalue weighted by Crippen LogP contribution is 2.12. The van der Waals surface area contributed by atoms with Crippen LogP contribution in [0.1, 0.15) is 22.4 Å². The van der Waals surface area contributed by atoms with Gasteiger partial charge in [0.2, 0.25) is 0 Å². The highest BCUT2D eigenvalue weighted by molar-refractivity contribution is 7.99. The number of ether oxygens (including phenoxy) is 1. The summed E-state index contributed by atoms with van der Waals surface area (Å²) in [6.45, 7) is 7.23. The van der Waals surface area contributed by atoms with Crippen LogP contribution in [0.25, 0.3) is 0 Å². The fourth-order valence-corrected chi connectivity index (χ4v) is 2.94. The van der Waals surface area contributed by atoms with Gasteiger partial charge in [0.15, 0.2) is 5.16 Å². The minimum Gasteiger partial charge on any atom is -0.376 e. The third-order valence-electron chi connectivity index (χ3n) is 2.86. The number of nitrogens with one attached hydrogen (secondary N) is 1. The molecule has 0 unspecified atom stereocenters. The lowest BCUT2D eigenvalue weighted by atomic mass is 10.1. The second-order valence-corrected chi connectivity index (χ2v) is 6.17. The first-order valence-corrected chi connectivity index (χ1v) is 7.87. The number of rotatable bonds is 6. The smallest absolute Gasteiger partial charge is 0.251 e. The lowest BCUT2D eigenvalue weighted by Gasteiger charge is -2.06. The Bertz CT molecular complexity index is 647. The van der Waals surface area contributed by atoms with E-state index in [1.54, 1.807) is 0 Å². The van der Waals surface area contributed by atoms with Crippen LogP contribution in [0.15, 0.2) is 34.2 Å². The Kier molecular flexibility index (Phi) is 5.59. The van der Waals surface area contributed by atoms with Gasteiger partial charge in [0.25, 0.3) is 5.56 Å². The highest BCUT2D eigenvalue weighted by Gasteiger charge is 2.00. The van der Waals surface area contributed by atoms with Crippen LogP contribution < -0.4 is 5.56 Å². The average molecular weight is 304 g/mol. The molecule has 4 nitrogen and oxygen atoms in total. The molecule has 0 radical (unpaired) electrons. The van der Waals surface area contributed by atoms with Crippen molar-refractivity contribution < 1.29 is 4.74 Å². The number of H-pyrrole nitrogens is 1. The molecule has 0 amide bonds. The zero-order valence-corrected chi connectivity index (χ0v) is 13.4. The summed E-state index contributed by atoms with van der Waals surface area (Å²) in [5.74, 6) is 0.761. The fraction of sp³-hybridized carbons (Fsp3) is 0.375. The zero-order valence-electron chi connectivity index (χ0n) is 12.6. The molecule has 0 fully saturated rings. The molecule has 2 aromatic rings. The van der Waals surface area contributed by atoms with Gasteiger partial charge in [-0.05, 0) is 26.3 Å². The van der Waals surface area contributed by atoms with E-state index in [1.165, 1.54) is 34.5 Å². The van der Waals surface area contributed by atoms with E-state index in [0.717, 1.165) is 11.4 Å². The summed E-state index contributed by atoms with van der Waals surface area (Å²) in [7, 11) is 0. The van der Waals surface area contributed by atoms with E-state index in [2.05, 4.69) is 42.0 Å². The van der Waals surface area contributed by atoms with Gasteiger partial charge in [0.1, 0.15) is 0 Å². The molecule has 21 heavy (non-hydrogen) atoms. The second kappa shape index (κ2) is 7.43. The van der Waals surface area contributed by atoms with Crippen molar-refractivity contribution in [3.05, 3.63) is 57.0 Å². The van der Waals surface area contributed by atoms with E-state index in [9.17, 15) is 4.79 Å². The molecule has 1 aromatic carbocycles. The number of hydrogen-bond acceptors (Lipinski definition) is 4. The van der Waals surface area contributed by atoms with E-state index in [0.29, 0.717) is 18.4 Å². The molecule has 0 atom stereocenters. The van der Waals surface area contributed by atoms with Gasteiger partial charge in [-0.15, -0.1) is 0 Å². The first-order chi connectivity index (χ1) is 10.0. The number of nitrogens with zero attached hydrogens (tertiary/aromatic N) is 1. The highest BCUT2D eigenvalue weighted by atomic mass is 32.2.